The van der Waals surface area contributed by atoms with Gasteiger partial charge in [-0.05, 0) is 48.9 Å². The number of nitrogens with one attached hydrogen (secondary N) is 3. The van der Waals surface area contributed by atoms with Gasteiger partial charge in [0.2, 0.25) is 17.0 Å². The Hall–Kier alpha value is -3.24. The van der Waals surface area contributed by atoms with E-state index in [0.29, 0.717) is 33.2 Å². The van der Waals surface area contributed by atoms with E-state index in [1.165, 1.54) is 7.11 Å². The van der Waals surface area contributed by atoms with Gasteiger partial charge in [0.15, 0.2) is 5.82 Å². The number of carbonyl (C=O) groups excluding carboxylic acids is 2. The summed E-state index contributed by atoms with van der Waals surface area (Å²) in [6.07, 6.45) is 0. The Bertz CT molecular complexity index is 1070. The number of methoxy groups -OCH3 is 1. The van der Waals surface area contributed by atoms with Crippen LogP contribution in [-0.2, 0) is 16.2 Å². The fourth-order valence-corrected chi connectivity index (χ4v) is 3.34. The molecule has 11 heteroatoms. The highest BCUT2D eigenvalue weighted by atomic mass is 35.5. The number of aromatic amines is 1. The van der Waals surface area contributed by atoms with E-state index in [-0.39, 0.29) is 30.7 Å². The van der Waals surface area contributed by atoms with Crippen LogP contribution in [0.4, 0.5) is 5.69 Å². The minimum atomic E-state index is -0.355. The molecule has 1 aromatic heterocycles. The number of hydrogen-bond acceptors (Lipinski definition) is 7. The second-order valence-electron chi connectivity index (χ2n) is 6.62. The summed E-state index contributed by atoms with van der Waals surface area (Å²) in [6.45, 7) is 1.95. The molecular formula is C21H22ClN5O4S. The van der Waals surface area contributed by atoms with Crippen molar-refractivity contribution in [3.05, 3.63) is 58.9 Å². The third kappa shape index (κ3) is 7.17. The molecule has 0 aliphatic rings. The van der Waals surface area contributed by atoms with Crippen molar-refractivity contribution < 1.29 is 19.1 Å². The lowest BCUT2D eigenvalue weighted by Gasteiger charge is -2.11. The SMILES string of the molecule is COc1ccc(C)cc1NC(=O)CNC(=O)CSc1n[nH]c(COc2ccc(Cl)cc2)n1. The van der Waals surface area contributed by atoms with Crippen LogP contribution >= 0.6 is 23.4 Å². The van der Waals surface area contributed by atoms with Crippen LogP contribution in [0, 0.1) is 6.92 Å². The van der Waals surface area contributed by atoms with E-state index >= 15 is 0 Å². The zero-order valence-corrected chi connectivity index (χ0v) is 19.0. The molecule has 0 fully saturated rings. The molecule has 0 spiro atoms. The molecule has 0 aliphatic heterocycles. The molecule has 3 N–H and O–H groups in total. The fourth-order valence-electron chi connectivity index (χ4n) is 2.56. The van der Waals surface area contributed by atoms with Crippen molar-refractivity contribution in [3.8, 4) is 11.5 Å². The summed E-state index contributed by atoms with van der Waals surface area (Å²) < 4.78 is 10.8. The third-order valence-corrected chi connectivity index (χ3v) is 5.21. The van der Waals surface area contributed by atoms with E-state index in [2.05, 4.69) is 25.8 Å². The molecule has 0 atom stereocenters. The van der Waals surface area contributed by atoms with Crippen LogP contribution in [0.25, 0.3) is 0 Å². The minimum Gasteiger partial charge on any atom is -0.495 e. The Morgan fingerprint density at radius 2 is 1.94 bits per heavy atom. The van der Waals surface area contributed by atoms with E-state index in [1.54, 1.807) is 36.4 Å². The zero-order valence-electron chi connectivity index (χ0n) is 17.5. The molecule has 0 aliphatic carbocycles. The lowest BCUT2D eigenvalue weighted by molar-refractivity contribution is -0.122. The predicted octanol–water partition coefficient (Wildman–Crippen LogP) is 3.20. The maximum Gasteiger partial charge on any atom is 0.243 e. The number of benzene rings is 2. The number of rotatable bonds is 10. The van der Waals surface area contributed by atoms with Gasteiger partial charge in [-0.3, -0.25) is 14.7 Å². The maximum atomic E-state index is 12.1. The van der Waals surface area contributed by atoms with Crippen molar-refractivity contribution >= 4 is 40.9 Å². The number of aromatic nitrogens is 3. The number of H-pyrrole nitrogens is 1. The Morgan fingerprint density at radius 3 is 2.69 bits per heavy atom. The van der Waals surface area contributed by atoms with Crippen molar-refractivity contribution in [2.75, 3.05) is 24.7 Å². The summed E-state index contributed by atoms with van der Waals surface area (Å²) in [5, 5.41) is 13.1. The van der Waals surface area contributed by atoms with E-state index in [4.69, 9.17) is 21.1 Å². The average molecular weight is 476 g/mol. The molecule has 32 heavy (non-hydrogen) atoms. The van der Waals surface area contributed by atoms with Crippen molar-refractivity contribution in [2.24, 2.45) is 0 Å². The van der Waals surface area contributed by atoms with Gasteiger partial charge in [-0.15, -0.1) is 5.10 Å². The first-order chi connectivity index (χ1) is 15.4. The lowest BCUT2D eigenvalue weighted by Crippen LogP contribution is -2.34. The van der Waals surface area contributed by atoms with Crippen LogP contribution in [0.2, 0.25) is 5.02 Å². The third-order valence-electron chi connectivity index (χ3n) is 4.11. The molecule has 3 aromatic rings. The molecule has 0 unspecified atom stereocenters. The number of hydrogen-bond donors (Lipinski definition) is 3. The van der Waals surface area contributed by atoms with Gasteiger partial charge in [-0.25, -0.2) is 4.98 Å². The van der Waals surface area contributed by atoms with Gasteiger partial charge in [0.05, 0.1) is 25.1 Å². The summed E-state index contributed by atoms with van der Waals surface area (Å²) in [5.41, 5.74) is 1.53. The number of halogens is 1. The molecule has 168 valence electrons. The van der Waals surface area contributed by atoms with Gasteiger partial charge in [-0.2, -0.15) is 0 Å². The fraction of sp³-hybridized carbons (Fsp3) is 0.238. The first-order valence-electron chi connectivity index (χ1n) is 9.56. The van der Waals surface area contributed by atoms with Crippen LogP contribution < -0.4 is 20.1 Å². The lowest BCUT2D eigenvalue weighted by atomic mass is 10.2. The molecule has 2 aromatic carbocycles. The monoisotopic (exact) mass is 475 g/mol. The van der Waals surface area contributed by atoms with E-state index in [9.17, 15) is 9.59 Å². The topological polar surface area (TPSA) is 118 Å². The standard InChI is InChI=1S/C21H22ClN5O4S/c1-13-3-8-17(30-2)16(9-13)24-19(28)10-23-20(29)12-32-21-25-18(26-27-21)11-31-15-6-4-14(22)5-7-15/h3-9H,10-12H2,1-2H3,(H,23,29)(H,24,28)(H,25,26,27). The van der Waals surface area contributed by atoms with Crippen molar-refractivity contribution in [2.45, 2.75) is 18.7 Å². The maximum absolute atomic E-state index is 12.1. The molecule has 2 amide bonds. The number of thioether (sulfide) groups is 1. The summed E-state index contributed by atoms with van der Waals surface area (Å²) in [4.78, 5) is 28.5. The van der Waals surface area contributed by atoms with Gasteiger partial charge in [0.25, 0.3) is 0 Å². The Labute approximate surface area is 194 Å². The molecule has 0 radical (unpaired) electrons. The van der Waals surface area contributed by atoms with Gasteiger partial charge in [0, 0.05) is 5.02 Å². The van der Waals surface area contributed by atoms with E-state index in [1.807, 2.05) is 13.0 Å². The van der Waals surface area contributed by atoms with Crippen LogP contribution in [0.15, 0.2) is 47.6 Å². The van der Waals surface area contributed by atoms with Crippen molar-refractivity contribution in [3.63, 3.8) is 0 Å². The second-order valence-corrected chi connectivity index (χ2v) is 8.00. The highest BCUT2D eigenvalue weighted by Gasteiger charge is 2.11. The number of ether oxygens (including phenoxy) is 2. The Balaban J connectivity index is 1.39. The number of carbonyl (C=O) groups is 2. The van der Waals surface area contributed by atoms with Crippen molar-refractivity contribution in [1.82, 2.24) is 20.5 Å². The molecule has 0 bridgehead atoms. The molecule has 3 rings (SSSR count). The molecule has 0 saturated carbocycles. The second kappa shape index (κ2) is 11.4. The smallest absolute Gasteiger partial charge is 0.243 e. The van der Waals surface area contributed by atoms with Crippen LogP contribution in [0.3, 0.4) is 0 Å². The summed E-state index contributed by atoms with van der Waals surface area (Å²) >= 11 is 6.99. The van der Waals surface area contributed by atoms with E-state index in [0.717, 1.165) is 17.3 Å². The summed E-state index contributed by atoms with van der Waals surface area (Å²) in [6, 6.07) is 12.4. The number of anilines is 1. The molecule has 0 saturated heterocycles. The molecule has 9 nitrogen and oxygen atoms in total. The van der Waals surface area contributed by atoms with E-state index < -0.39 is 0 Å². The number of amides is 2. The largest absolute Gasteiger partial charge is 0.495 e. The highest BCUT2D eigenvalue weighted by molar-refractivity contribution is 7.99. The normalized spacial score (nSPS) is 10.5. The zero-order chi connectivity index (χ0) is 22.9. The van der Waals surface area contributed by atoms with Crippen LogP contribution in [0.5, 0.6) is 11.5 Å². The van der Waals surface area contributed by atoms with Gasteiger partial charge in [0.1, 0.15) is 18.1 Å². The van der Waals surface area contributed by atoms with Crippen molar-refractivity contribution in [1.29, 1.82) is 0 Å². The van der Waals surface area contributed by atoms with Gasteiger partial charge < -0.3 is 20.1 Å². The Kier molecular flexibility index (Phi) is 8.34. The quantitative estimate of drug-likeness (QED) is 0.385. The van der Waals surface area contributed by atoms with Gasteiger partial charge in [-0.1, -0.05) is 29.4 Å². The van der Waals surface area contributed by atoms with Crippen LogP contribution in [-0.4, -0.2) is 46.4 Å². The summed E-state index contributed by atoms with van der Waals surface area (Å²) in [5.74, 6) is 1.12. The number of nitrogens with zero attached hydrogens (tertiary/aromatic N) is 2. The number of aryl methyl sites for hydroxylation is 1. The molecule has 1 heterocycles. The minimum absolute atomic E-state index is 0.0659. The van der Waals surface area contributed by atoms with Gasteiger partial charge >= 0.3 is 0 Å². The first kappa shape index (κ1) is 23.4. The first-order valence-corrected chi connectivity index (χ1v) is 10.9. The Morgan fingerprint density at radius 1 is 1.16 bits per heavy atom. The summed E-state index contributed by atoms with van der Waals surface area (Å²) in [7, 11) is 1.53. The van der Waals surface area contributed by atoms with Crippen LogP contribution in [0.1, 0.15) is 11.4 Å². The predicted molar refractivity (Wildman–Crippen MR) is 122 cm³/mol. The average Bonchev–Trinajstić information content (AvgIpc) is 3.24. The highest BCUT2D eigenvalue weighted by Crippen LogP contribution is 2.25. The molecular weight excluding hydrogens is 454 g/mol.